The first-order valence-corrected chi connectivity index (χ1v) is 12.2. The molecule has 0 spiro atoms. The van der Waals surface area contributed by atoms with Crippen LogP contribution in [0.5, 0.6) is 11.5 Å². The number of hydrogen-bond donors (Lipinski definition) is 1. The molecule has 2 aromatic rings. The molecule has 0 bridgehead atoms. The Bertz CT molecular complexity index is 1030. The first-order valence-electron chi connectivity index (χ1n) is 12.2. The SMILES string of the molecule is CCC(OC(=O)C(C)NC(=O)c1nccc(OC)c1OC(C)=O)c1ccc(C2CCCCC2)cc1. The molecular weight excluding hydrogens is 448 g/mol. The van der Waals surface area contributed by atoms with Crippen LogP contribution in [0, 0.1) is 0 Å². The molecule has 1 aromatic heterocycles. The van der Waals surface area contributed by atoms with E-state index in [4.69, 9.17) is 14.2 Å². The van der Waals surface area contributed by atoms with Crippen LogP contribution in [-0.4, -0.2) is 36.0 Å². The van der Waals surface area contributed by atoms with Crippen LogP contribution in [-0.2, 0) is 14.3 Å². The van der Waals surface area contributed by atoms with Crippen molar-refractivity contribution in [1.29, 1.82) is 0 Å². The Morgan fingerprint density at radius 2 is 1.77 bits per heavy atom. The van der Waals surface area contributed by atoms with Crippen molar-refractivity contribution in [2.45, 2.75) is 77.4 Å². The predicted molar refractivity (Wildman–Crippen MR) is 130 cm³/mol. The lowest BCUT2D eigenvalue weighted by Gasteiger charge is -2.23. The maximum Gasteiger partial charge on any atom is 0.328 e. The lowest BCUT2D eigenvalue weighted by molar-refractivity contribution is -0.151. The summed E-state index contributed by atoms with van der Waals surface area (Å²) < 4.78 is 16.0. The van der Waals surface area contributed by atoms with Gasteiger partial charge in [0, 0.05) is 19.2 Å². The van der Waals surface area contributed by atoms with Crippen LogP contribution in [0.1, 0.15) is 92.9 Å². The van der Waals surface area contributed by atoms with Gasteiger partial charge >= 0.3 is 11.9 Å². The van der Waals surface area contributed by atoms with Gasteiger partial charge in [-0.15, -0.1) is 0 Å². The van der Waals surface area contributed by atoms with Crippen molar-refractivity contribution in [2.24, 2.45) is 0 Å². The second kappa shape index (κ2) is 12.3. The molecule has 1 N–H and O–H groups in total. The van der Waals surface area contributed by atoms with Crippen LogP contribution in [0.4, 0.5) is 0 Å². The number of aromatic nitrogens is 1. The van der Waals surface area contributed by atoms with E-state index >= 15 is 0 Å². The normalized spacial score (nSPS) is 15.5. The van der Waals surface area contributed by atoms with Crippen molar-refractivity contribution < 1.29 is 28.6 Å². The number of carbonyl (C=O) groups excluding carboxylic acids is 3. The molecule has 1 aliphatic rings. The van der Waals surface area contributed by atoms with Gasteiger partial charge in [0.1, 0.15) is 12.1 Å². The molecule has 0 aliphatic heterocycles. The summed E-state index contributed by atoms with van der Waals surface area (Å²) >= 11 is 0. The summed E-state index contributed by atoms with van der Waals surface area (Å²) in [7, 11) is 1.39. The van der Waals surface area contributed by atoms with E-state index in [0.717, 1.165) is 5.56 Å². The highest BCUT2D eigenvalue weighted by molar-refractivity contribution is 5.98. The number of methoxy groups -OCH3 is 1. The highest BCUT2D eigenvalue weighted by Gasteiger charge is 2.26. The molecule has 0 saturated heterocycles. The fraction of sp³-hybridized carbons (Fsp3) is 0.481. The summed E-state index contributed by atoms with van der Waals surface area (Å²) in [5.74, 6) is -1.20. The Balaban J connectivity index is 1.65. The number of pyridine rings is 1. The minimum absolute atomic E-state index is 0.106. The average Bonchev–Trinajstić information content (AvgIpc) is 2.87. The third kappa shape index (κ3) is 6.81. The maximum atomic E-state index is 12.8. The van der Waals surface area contributed by atoms with Crippen LogP contribution in [0.25, 0.3) is 0 Å². The maximum absolute atomic E-state index is 12.8. The molecule has 35 heavy (non-hydrogen) atoms. The summed E-state index contributed by atoms with van der Waals surface area (Å²) in [6.07, 6.45) is 7.85. The van der Waals surface area contributed by atoms with E-state index in [2.05, 4.69) is 22.4 Å². The molecular formula is C27H34N2O6. The molecule has 1 saturated carbocycles. The highest BCUT2D eigenvalue weighted by atomic mass is 16.6. The Morgan fingerprint density at radius 3 is 2.37 bits per heavy atom. The zero-order valence-corrected chi connectivity index (χ0v) is 20.8. The van der Waals surface area contributed by atoms with Gasteiger partial charge < -0.3 is 19.5 Å². The quantitative estimate of drug-likeness (QED) is 0.508. The fourth-order valence-corrected chi connectivity index (χ4v) is 4.37. The Hall–Kier alpha value is -3.42. The van der Waals surface area contributed by atoms with Crippen molar-refractivity contribution in [3.8, 4) is 11.5 Å². The van der Waals surface area contributed by atoms with Gasteiger partial charge in [0.2, 0.25) is 5.75 Å². The average molecular weight is 483 g/mol. The van der Waals surface area contributed by atoms with Crippen LogP contribution in [0.15, 0.2) is 36.5 Å². The highest BCUT2D eigenvalue weighted by Crippen LogP contribution is 2.34. The summed E-state index contributed by atoms with van der Waals surface area (Å²) in [6, 6.07) is 8.85. The summed E-state index contributed by atoms with van der Waals surface area (Å²) in [5, 5.41) is 2.57. The van der Waals surface area contributed by atoms with E-state index in [1.807, 2.05) is 19.1 Å². The Morgan fingerprint density at radius 1 is 1.09 bits per heavy atom. The number of benzene rings is 1. The molecule has 1 fully saturated rings. The monoisotopic (exact) mass is 482 g/mol. The minimum Gasteiger partial charge on any atom is -0.493 e. The molecule has 0 radical (unpaired) electrons. The first kappa shape index (κ1) is 26.2. The molecule has 2 unspecified atom stereocenters. The molecule has 1 amide bonds. The number of ether oxygens (including phenoxy) is 3. The third-order valence-electron chi connectivity index (χ3n) is 6.26. The predicted octanol–water partition coefficient (Wildman–Crippen LogP) is 4.88. The summed E-state index contributed by atoms with van der Waals surface area (Å²) in [6.45, 7) is 4.69. The van der Waals surface area contributed by atoms with Crippen molar-refractivity contribution >= 4 is 17.8 Å². The largest absolute Gasteiger partial charge is 0.493 e. The fourth-order valence-electron chi connectivity index (χ4n) is 4.37. The van der Waals surface area contributed by atoms with E-state index in [1.165, 1.54) is 70.9 Å². The van der Waals surface area contributed by atoms with Gasteiger partial charge in [-0.05, 0) is 43.2 Å². The van der Waals surface area contributed by atoms with Gasteiger partial charge in [-0.2, -0.15) is 0 Å². The lowest BCUT2D eigenvalue weighted by Crippen LogP contribution is -2.40. The number of nitrogens with one attached hydrogen (secondary N) is 1. The van der Waals surface area contributed by atoms with E-state index < -0.39 is 30.0 Å². The summed E-state index contributed by atoms with van der Waals surface area (Å²) in [5.41, 5.74) is 2.10. The molecule has 188 valence electrons. The van der Waals surface area contributed by atoms with E-state index in [9.17, 15) is 14.4 Å². The van der Waals surface area contributed by atoms with Crippen molar-refractivity contribution in [1.82, 2.24) is 10.3 Å². The zero-order chi connectivity index (χ0) is 25.4. The van der Waals surface area contributed by atoms with Crippen molar-refractivity contribution in [3.05, 3.63) is 53.3 Å². The van der Waals surface area contributed by atoms with Gasteiger partial charge in [-0.3, -0.25) is 9.59 Å². The zero-order valence-electron chi connectivity index (χ0n) is 20.8. The number of rotatable bonds is 9. The number of nitrogens with zero attached hydrogens (tertiary/aromatic N) is 1. The van der Waals surface area contributed by atoms with Gasteiger partial charge in [-0.25, -0.2) is 9.78 Å². The number of hydrogen-bond acceptors (Lipinski definition) is 7. The molecule has 1 heterocycles. The second-order valence-corrected chi connectivity index (χ2v) is 8.82. The lowest BCUT2D eigenvalue weighted by atomic mass is 9.84. The molecule has 1 aromatic carbocycles. The van der Waals surface area contributed by atoms with Crippen LogP contribution >= 0.6 is 0 Å². The van der Waals surface area contributed by atoms with Gasteiger partial charge in [0.15, 0.2) is 11.4 Å². The van der Waals surface area contributed by atoms with Gasteiger partial charge in [0.25, 0.3) is 5.91 Å². The number of carbonyl (C=O) groups is 3. The number of amides is 1. The standard InChI is InChI=1S/C27H34N2O6/c1-5-22(21-13-11-20(12-14-21)19-9-7-6-8-10-19)35-27(32)17(2)29-26(31)24-25(34-18(3)30)23(33-4)15-16-28-24/h11-17,19,22H,5-10H2,1-4H3,(H,29,31). The van der Waals surface area contributed by atoms with Crippen LogP contribution in [0.2, 0.25) is 0 Å². The van der Waals surface area contributed by atoms with Crippen molar-refractivity contribution in [3.63, 3.8) is 0 Å². The minimum atomic E-state index is -0.948. The molecule has 2 atom stereocenters. The van der Waals surface area contributed by atoms with Crippen molar-refractivity contribution in [2.75, 3.05) is 7.11 Å². The number of esters is 2. The Kier molecular flexibility index (Phi) is 9.23. The smallest absolute Gasteiger partial charge is 0.328 e. The second-order valence-electron chi connectivity index (χ2n) is 8.82. The van der Waals surface area contributed by atoms with Gasteiger partial charge in [0.05, 0.1) is 7.11 Å². The first-order chi connectivity index (χ1) is 16.8. The molecule has 1 aliphatic carbocycles. The molecule has 8 heteroatoms. The molecule has 3 rings (SSSR count). The summed E-state index contributed by atoms with van der Waals surface area (Å²) in [4.78, 5) is 41.1. The van der Waals surface area contributed by atoms with Crippen LogP contribution < -0.4 is 14.8 Å². The van der Waals surface area contributed by atoms with E-state index in [1.54, 1.807) is 0 Å². The van der Waals surface area contributed by atoms with Gasteiger partial charge in [-0.1, -0.05) is 50.5 Å². The van der Waals surface area contributed by atoms with E-state index in [0.29, 0.717) is 12.3 Å². The third-order valence-corrected chi connectivity index (χ3v) is 6.26. The molecule has 8 nitrogen and oxygen atoms in total. The van der Waals surface area contributed by atoms with E-state index in [-0.39, 0.29) is 17.2 Å². The Labute approximate surface area is 206 Å². The van der Waals surface area contributed by atoms with Crippen LogP contribution in [0.3, 0.4) is 0 Å². The topological polar surface area (TPSA) is 104 Å².